The fraction of sp³-hybridized carbons (Fsp3) is 0.200. The summed E-state index contributed by atoms with van der Waals surface area (Å²) in [4.78, 5) is 25.2. The third kappa shape index (κ3) is 5.35. The molecular formula is C20H17F3N2O2. The number of rotatable bonds is 3. The van der Waals surface area contributed by atoms with Gasteiger partial charge in [-0.05, 0) is 36.4 Å². The van der Waals surface area contributed by atoms with Gasteiger partial charge in [-0.2, -0.15) is 13.2 Å². The lowest BCUT2D eigenvalue weighted by Crippen LogP contribution is -2.26. The number of hydrogen-bond donors (Lipinski definition) is 1. The van der Waals surface area contributed by atoms with Gasteiger partial charge in [-0.15, -0.1) is 0 Å². The fourth-order valence-corrected chi connectivity index (χ4v) is 2.25. The molecule has 0 unspecified atom stereocenters. The average molecular weight is 374 g/mol. The molecule has 2 amide bonds. The van der Waals surface area contributed by atoms with E-state index in [9.17, 15) is 22.8 Å². The minimum Gasteiger partial charge on any atom is -0.345 e. The maximum atomic E-state index is 12.9. The van der Waals surface area contributed by atoms with E-state index in [-0.39, 0.29) is 12.5 Å². The van der Waals surface area contributed by atoms with Gasteiger partial charge in [-0.3, -0.25) is 9.59 Å². The summed E-state index contributed by atoms with van der Waals surface area (Å²) in [5, 5.41) is 2.35. The molecule has 0 heterocycles. The first-order chi connectivity index (χ1) is 12.7. The highest BCUT2D eigenvalue weighted by Gasteiger charge is 2.34. The minimum atomic E-state index is -4.61. The van der Waals surface area contributed by atoms with Crippen LogP contribution in [0.5, 0.6) is 0 Å². The van der Waals surface area contributed by atoms with Crippen LogP contribution >= 0.6 is 0 Å². The second-order valence-electron chi connectivity index (χ2n) is 5.80. The van der Waals surface area contributed by atoms with E-state index in [2.05, 4.69) is 17.2 Å². The largest absolute Gasteiger partial charge is 0.417 e. The molecule has 0 aliphatic heterocycles. The third-order valence-electron chi connectivity index (χ3n) is 3.59. The van der Waals surface area contributed by atoms with Crippen molar-refractivity contribution in [1.82, 2.24) is 10.2 Å². The van der Waals surface area contributed by atoms with E-state index in [1.165, 1.54) is 17.0 Å². The molecule has 0 spiro atoms. The molecule has 0 aliphatic rings. The Morgan fingerprint density at radius 2 is 1.67 bits per heavy atom. The van der Waals surface area contributed by atoms with Crippen molar-refractivity contribution >= 4 is 11.8 Å². The van der Waals surface area contributed by atoms with Crippen molar-refractivity contribution in [2.75, 3.05) is 20.6 Å². The molecule has 0 radical (unpaired) electrons. The minimum absolute atomic E-state index is 0.108. The van der Waals surface area contributed by atoms with Crippen molar-refractivity contribution in [3.05, 3.63) is 70.8 Å². The van der Waals surface area contributed by atoms with Crippen LogP contribution in [0.1, 0.15) is 31.8 Å². The Labute approximate surface area is 155 Å². The zero-order valence-electron chi connectivity index (χ0n) is 14.7. The van der Waals surface area contributed by atoms with Gasteiger partial charge in [-0.25, -0.2) is 0 Å². The van der Waals surface area contributed by atoms with Gasteiger partial charge >= 0.3 is 6.18 Å². The van der Waals surface area contributed by atoms with Crippen molar-refractivity contribution in [1.29, 1.82) is 0 Å². The van der Waals surface area contributed by atoms with E-state index < -0.39 is 23.2 Å². The lowest BCUT2D eigenvalue weighted by atomic mass is 10.1. The van der Waals surface area contributed by atoms with Crippen molar-refractivity contribution in [2.24, 2.45) is 0 Å². The number of nitrogens with zero attached hydrogens (tertiary/aromatic N) is 1. The number of carbonyl (C=O) groups excluding carboxylic acids is 2. The first-order valence-corrected chi connectivity index (χ1v) is 7.95. The highest BCUT2D eigenvalue weighted by molar-refractivity contribution is 5.96. The summed E-state index contributed by atoms with van der Waals surface area (Å²) in [5.41, 5.74) is -0.298. The Bertz CT molecular complexity index is 892. The van der Waals surface area contributed by atoms with Crippen molar-refractivity contribution in [2.45, 2.75) is 6.18 Å². The summed E-state index contributed by atoms with van der Waals surface area (Å²) >= 11 is 0. The number of amides is 2. The molecular weight excluding hydrogens is 357 g/mol. The second kappa shape index (κ2) is 8.41. The summed E-state index contributed by atoms with van der Waals surface area (Å²) < 4.78 is 38.8. The summed E-state index contributed by atoms with van der Waals surface area (Å²) in [7, 11) is 3.30. The van der Waals surface area contributed by atoms with Crippen molar-refractivity contribution in [3.8, 4) is 11.8 Å². The standard InChI is InChI=1S/C20H17F3N2O2/c1-25(2)19(27)15-11-9-14(10-12-15)6-5-13-24-18(26)16-7-3-4-8-17(16)20(21,22)23/h3-4,7-12H,13H2,1-2H3,(H,24,26). The molecule has 2 rings (SSSR count). The van der Waals surface area contributed by atoms with Crippen LogP contribution in [0.4, 0.5) is 13.2 Å². The number of halogens is 3. The van der Waals surface area contributed by atoms with E-state index in [0.717, 1.165) is 12.1 Å². The topological polar surface area (TPSA) is 49.4 Å². The van der Waals surface area contributed by atoms with Gasteiger partial charge in [0.15, 0.2) is 0 Å². The normalized spacial score (nSPS) is 10.6. The molecule has 0 saturated heterocycles. The molecule has 4 nitrogen and oxygen atoms in total. The molecule has 27 heavy (non-hydrogen) atoms. The molecule has 1 N–H and O–H groups in total. The van der Waals surface area contributed by atoms with Crippen LogP contribution in [0.15, 0.2) is 48.5 Å². The van der Waals surface area contributed by atoms with Crippen LogP contribution in [-0.4, -0.2) is 37.4 Å². The maximum Gasteiger partial charge on any atom is 0.417 e. The summed E-state index contributed by atoms with van der Waals surface area (Å²) in [5.74, 6) is 4.48. The molecule has 140 valence electrons. The second-order valence-corrected chi connectivity index (χ2v) is 5.80. The van der Waals surface area contributed by atoms with E-state index in [1.807, 2.05) is 0 Å². The quantitative estimate of drug-likeness (QED) is 0.839. The monoisotopic (exact) mass is 374 g/mol. The van der Waals surface area contributed by atoms with E-state index in [0.29, 0.717) is 11.1 Å². The zero-order valence-corrected chi connectivity index (χ0v) is 14.7. The van der Waals surface area contributed by atoms with Crippen LogP contribution in [0.3, 0.4) is 0 Å². The Kier molecular flexibility index (Phi) is 6.24. The van der Waals surface area contributed by atoms with Gasteiger partial charge in [0.2, 0.25) is 0 Å². The van der Waals surface area contributed by atoms with Gasteiger partial charge in [0.1, 0.15) is 0 Å². The number of carbonyl (C=O) groups is 2. The lowest BCUT2D eigenvalue weighted by molar-refractivity contribution is -0.137. The predicted octanol–water partition coefficient (Wildman–Crippen LogP) is 3.19. The number of benzene rings is 2. The maximum absolute atomic E-state index is 12.9. The average Bonchev–Trinajstić information content (AvgIpc) is 2.64. The van der Waals surface area contributed by atoms with Gasteiger partial charge in [0.05, 0.1) is 17.7 Å². The SMILES string of the molecule is CN(C)C(=O)c1ccc(C#CCNC(=O)c2ccccc2C(F)(F)F)cc1. The van der Waals surface area contributed by atoms with Gasteiger partial charge in [-0.1, -0.05) is 24.0 Å². The van der Waals surface area contributed by atoms with Crippen molar-refractivity contribution in [3.63, 3.8) is 0 Å². The first kappa shape index (κ1) is 20.0. The summed E-state index contributed by atoms with van der Waals surface area (Å²) in [6, 6.07) is 11.1. The molecule has 0 bridgehead atoms. The third-order valence-corrected chi connectivity index (χ3v) is 3.59. The fourth-order valence-electron chi connectivity index (χ4n) is 2.25. The number of hydrogen-bond acceptors (Lipinski definition) is 2. The van der Waals surface area contributed by atoms with Crippen LogP contribution in [-0.2, 0) is 6.18 Å². The predicted molar refractivity (Wildman–Crippen MR) is 95.1 cm³/mol. The molecule has 0 aliphatic carbocycles. The van der Waals surface area contributed by atoms with Gasteiger partial charge in [0.25, 0.3) is 11.8 Å². The Balaban J connectivity index is 2.00. The number of nitrogens with one attached hydrogen (secondary N) is 1. The van der Waals surface area contributed by atoms with E-state index in [4.69, 9.17) is 0 Å². The van der Waals surface area contributed by atoms with Crippen LogP contribution in [0.2, 0.25) is 0 Å². The lowest BCUT2D eigenvalue weighted by Gasteiger charge is -2.11. The Morgan fingerprint density at radius 3 is 2.26 bits per heavy atom. The highest BCUT2D eigenvalue weighted by atomic mass is 19.4. The first-order valence-electron chi connectivity index (χ1n) is 7.95. The molecule has 0 atom stereocenters. The van der Waals surface area contributed by atoms with Gasteiger partial charge < -0.3 is 10.2 Å². The molecule has 0 saturated carbocycles. The molecule has 0 aromatic heterocycles. The Morgan fingerprint density at radius 1 is 1.04 bits per heavy atom. The Hall–Kier alpha value is -3.27. The van der Waals surface area contributed by atoms with Gasteiger partial charge in [0, 0.05) is 25.2 Å². The smallest absolute Gasteiger partial charge is 0.345 e. The summed E-state index contributed by atoms with van der Waals surface area (Å²) in [6.07, 6.45) is -4.61. The van der Waals surface area contributed by atoms with Crippen LogP contribution in [0.25, 0.3) is 0 Å². The van der Waals surface area contributed by atoms with E-state index in [1.54, 1.807) is 38.4 Å². The zero-order chi connectivity index (χ0) is 20.0. The van der Waals surface area contributed by atoms with Crippen LogP contribution in [0, 0.1) is 11.8 Å². The van der Waals surface area contributed by atoms with Crippen molar-refractivity contribution < 1.29 is 22.8 Å². The van der Waals surface area contributed by atoms with Crippen LogP contribution < -0.4 is 5.32 Å². The molecule has 2 aromatic carbocycles. The molecule has 7 heteroatoms. The summed E-state index contributed by atoms with van der Waals surface area (Å²) in [6.45, 7) is -0.108. The highest BCUT2D eigenvalue weighted by Crippen LogP contribution is 2.31. The van der Waals surface area contributed by atoms with E-state index >= 15 is 0 Å². The number of alkyl halides is 3. The molecule has 2 aromatic rings. The molecule has 0 fully saturated rings.